The number of methoxy groups -OCH3 is 2. The topological polar surface area (TPSA) is 59.3 Å². The van der Waals surface area contributed by atoms with Crippen molar-refractivity contribution in [1.82, 2.24) is 0 Å². The molecule has 0 aliphatic heterocycles. The number of hydrogen-bond donors (Lipinski definition) is 0. The maximum atomic E-state index is 11.3. The van der Waals surface area contributed by atoms with Crippen molar-refractivity contribution < 1.29 is 14.3 Å². The van der Waals surface area contributed by atoms with Gasteiger partial charge in [-0.3, -0.25) is 4.79 Å². The first-order valence-corrected chi connectivity index (χ1v) is 4.76. The third kappa shape index (κ3) is 2.31. The predicted molar refractivity (Wildman–Crippen MR) is 58.1 cm³/mol. The maximum Gasteiger partial charge on any atom is 0.327 e. The molecule has 84 valence electrons. The summed E-state index contributed by atoms with van der Waals surface area (Å²) >= 11 is 0. The number of ether oxygens (including phenoxy) is 2. The standard InChI is InChI=1S/C12H13NO3/c1-8-6-9(4-5-11(8)15-2)10(7-13)12(14)16-3/h4-6,10H,1-3H3. The van der Waals surface area contributed by atoms with Gasteiger partial charge in [0.25, 0.3) is 0 Å². The summed E-state index contributed by atoms with van der Waals surface area (Å²) in [6.07, 6.45) is 0. The van der Waals surface area contributed by atoms with Crippen LogP contribution in [0.3, 0.4) is 0 Å². The number of rotatable bonds is 3. The van der Waals surface area contributed by atoms with E-state index in [4.69, 9.17) is 10.00 Å². The van der Waals surface area contributed by atoms with Gasteiger partial charge < -0.3 is 9.47 Å². The molecule has 0 spiro atoms. The van der Waals surface area contributed by atoms with Gasteiger partial charge in [0.05, 0.1) is 20.3 Å². The molecule has 1 atom stereocenters. The largest absolute Gasteiger partial charge is 0.496 e. The number of nitrogens with zero attached hydrogens (tertiary/aromatic N) is 1. The first kappa shape index (κ1) is 12.1. The van der Waals surface area contributed by atoms with E-state index in [2.05, 4.69) is 4.74 Å². The molecule has 0 N–H and O–H groups in total. The quantitative estimate of drug-likeness (QED) is 0.727. The van der Waals surface area contributed by atoms with Gasteiger partial charge >= 0.3 is 5.97 Å². The lowest BCUT2D eigenvalue weighted by Crippen LogP contribution is -2.12. The van der Waals surface area contributed by atoms with Gasteiger partial charge in [0.2, 0.25) is 0 Å². The zero-order chi connectivity index (χ0) is 12.1. The Morgan fingerprint density at radius 2 is 2.12 bits per heavy atom. The molecule has 0 heterocycles. The molecular formula is C12H13NO3. The number of carbonyl (C=O) groups excluding carboxylic acids is 1. The van der Waals surface area contributed by atoms with Crippen LogP contribution in [0.25, 0.3) is 0 Å². The fourth-order valence-electron chi connectivity index (χ4n) is 1.46. The highest BCUT2D eigenvalue weighted by Crippen LogP contribution is 2.24. The van der Waals surface area contributed by atoms with Gasteiger partial charge in [-0.15, -0.1) is 0 Å². The Morgan fingerprint density at radius 3 is 2.56 bits per heavy atom. The van der Waals surface area contributed by atoms with Crippen LogP contribution < -0.4 is 4.74 Å². The monoisotopic (exact) mass is 219 g/mol. The molecule has 0 aromatic heterocycles. The van der Waals surface area contributed by atoms with Crippen molar-refractivity contribution in [3.63, 3.8) is 0 Å². The summed E-state index contributed by atoms with van der Waals surface area (Å²) in [7, 11) is 2.84. The lowest BCUT2D eigenvalue weighted by atomic mass is 9.98. The highest BCUT2D eigenvalue weighted by molar-refractivity contribution is 5.81. The van der Waals surface area contributed by atoms with Crippen molar-refractivity contribution >= 4 is 5.97 Å². The molecule has 0 saturated carbocycles. The van der Waals surface area contributed by atoms with Gasteiger partial charge in [0.15, 0.2) is 5.92 Å². The van der Waals surface area contributed by atoms with Gasteiger partial charge in [-0.05, 0) is 24.1 Å². The van der Waals surface area contributed by atoms with E-state index in [1.54, 1.807) is 25.3 Å². The first-order chi connectivity index (χ1) is 7.63. The molecule has 4 heteroatoms. The summed E-state index contributed by atoms with van der Waals surface area (Å²) in [5.41, 5.74) is 1.50. The average molecular weight is 219 g/mol. The lowest BCUT2D eigenvalue weighted by Gasteiger charge is -2.10. The number of aryl methyl sites for hydroxylation is 1. The van der Waals surface area contributed by atoms with Crippen LogP contribution in [0.2, 0.25) is 0 Å². The molecule has 0 amide bonds. The lowest BCUT2D eigenvalue weighted by molar-refractivity contribution is -0.140. The fourth-order valence-corrected chi connectivity index (χ4v) is 1.46. The third-order valence-corrected chi connectivity index (χ3v) is 2.32. The Balaban J connectivity index is 3.09. The molecule has 4 nitrogen and oxygen atoms in total. The van der Waals surface area contributed by atoms with Gasteiger partial charge in [-0.1, -0.05) is 12.1 Å². The molecule has 0 aliphatic rings. The van der Waals surface area contributed by atoms with Crippen LogP contribution in [0.4, 0.5) is 0 Å². The van der Waals surface area contributed by atoms with E-state index in [0.717, 1.165) is 11.3 Å². The number of hydrogen-bond acceptors (Lipinski definition) is 4. The molecule has 16 heavy (non-hydrogen) atoms. The van der Waals surface area contributed by atoms with Crippen LogP contribution in [0.1, 0.15) is 17.0 Å². The van der Waals surface area contributed by atoms with E-state index in [9.17, 15) is 4.79 Å². The van der Waals surface area contributed by atoms with Crippen LogP contribution in [-0.4, -0.2) is 20.2 Å². The summed E-state index contributed by atoms with van der Waals surface area (Å²) in [6, 6.07) is 7.10. The summed E-state index contributed by atoms with van der Waals surface area (Å²) in [5, 5.41) is 8.92. The van der Waals surface area contributed by atoms with Gasteiger partial charge in [-0.2, -0.15) is 5.26 Å². The van der Waals surface area contributed by atoms with Crippen molar-refractivity contribution in [2.45, 2.75) is 12.8 Å². The molecule has 0 bridgehead atoms. The second-order valence-electron chi connectivity index (χ2n) is 3.31. The SMILES string of the molecule is COC(=O)C(C#N)c1ccc(OC)c(C)c1. The third-order valence-electron chi connectivity index (χ3n) is 2.32. The fraction of sp³-hybridized carbons (Fsp3) is 0.333. The Bertz CT molecular complexity index is 434. The van der Waals surface area contributed by atoms with Gasteiger partial charge in [-0.25, -0.2) is 0 Å². The molecule has 0 fully saturated rings. The van der Waals surface area contributed by atoms with Crippen molar-refractivity contribution in [2.24, 2.45) is 0 Å². The minimum absolute atomic E-state index is 0.549. The van der Waals surface area contributed by atoms with E-state index in [1.807, 2.05) is 13.0 Å². The highest BCUT2D eigenvalue weighted by atomic mass is 16.5. The number of esters is 1. The minimum atomic E-state index is -0.880. The van der Waals surface area contributed by atoms with Crippen LogP contribution in [0.15, 0.2) is 18.2 Å². The van der Waals surface area contributed by atoms with Crippen LogP contribution in [0.5, 0.6) is 5.75 Å². The van der Waals surface area contributed by atoms with Crippen molar-refractivity contribution in [3.8, 4) is 11.8 Å². The Morgan fingerprint density at radius 1 is 1.44 bits per heavy atom. The Hall–Kier alpha value is -2.02. The zero-order valence-electron chi connectivity index (χ0n) is 9.48. The number of nitriles is 1. The van der Waals surface area contributed by atoms with E-state index in [0.29, 0.717) is 5.56 Å². The van der Waals surface area contributed by atoms with E-state index in [-0.39, 0.29) is 0 Å². The van der Waals surface area contributed by atoms with Crippen LogP contribution in [0, 0.1) is 18.3 Å². The van der Waals surface area contributed by atoms with E-state index in [1.165, 1.54) is 7.11 Å². The summed E-state index contributed by atoms with van der Waals surface area (Å²) in [6.45, 7) is 1.86. The summed E-state index contributed by atoms with van der Waals surface area (Å²) < 4.78 is 9.66. The van der Waals surface area contributed by atoms with Crippen molar-refractivity contribution in [2.75, 3.05) is 14.2 Å². The molecule has 0 saturated heterocycles. The van der Waals surface area contributed by atoms with E-state index < -0.39 is 11.9 Å². The first-order valence-electron chi connectivity index (χ1n) is 4.76. The van der Waals surface area contributed by atoms with Gasteiger partial charge in [0, 0.05) is 0 Å². The van der Waals surface area contributed by atoms with Crippen molar-refractivity contribution in [3.05, 3.63) is 29.3 Å². The van der Waals surface area contributed by atoms with Gasteiger partial charge in [0.1, 0.15) is 5.75 Å². The Kier molecular flexibility index (Phi) is 3.90. The summed E-state index contributed by atoms with van der Waals surface area (Å²) in [5.74, 6) is -0.702. The molecule has 1 rings (SSSR count). The second kappa shape index (κ2) is 5.17. The highest BCUT2D eigenvalue weighted by Gasteiger charge is 2.21. The molecule has 0 radical (unpaired) electrons. The molecule has 1 aromatic rings. The maximum absolute atomic E-state index is 11.3. The minimum Gasteiger partial charge on any atom is -0.496 e. The normalized spacial score (nSPS) is 11.4. The molecule has 0 aliphatic carbocycles. The summed E-state index contributed by atoms with van der Waals surface area (Å²) in [4.78, 5) is 11.3. The van der Waals surface area contributed by atoms with Crippen molar-refractivity contribution in [1.29, 1.82) is 5.26 Å². The van der Waals surface area contributed by atoms with Crippen LogP contribution in [-0.2, 0) is 9.53 Å². The Labute approximate surface area is 94.4 Å². The number of carbonyl (C=O) groups is 1. The molecular weight excluding hydrogens is 206 g/mol. The molecule has 1 aromatic carbocycles. The predicted octanol–water partition coefficient (Wildman–Crippen LogP) is 1.78. The average Bonchev–Trinajstić information content (AvgIpc) is 2.30. The smallest absolute Gasteiger partial charge is 0.327 e. The van der Waals surface area contributed by atoms with Crippen LogP contribution >= 0.6 is 0 Å². The number of benzene rings is 1. The van der Waals surface area contributed by atoms with E-state index >= 15 is 0 Å². The molecule has 1 unspecified atom stereocenters. The second-order valence-corrected chi connectivity index (χ2v) is 3.31. The zero-order valence-corrected chi connectivity index (χ0v) is 9.48.